The third kappa shape index (κ3) is 63.1. The Bertz CT molecular complexity index is 1390. The summed E-state index contributed by atoms with van der Waals surface area (Å²) in [6.07, 6.45) is 73.6. The van der Waals surface area contributed by atoms with E-state index in [4.69, 9.17) is 13.8 Å². The summed E-state index contributed by atoms with van der Waals surface area (Å²) < 4.78 is 30.9. The number of likely N-dealkylation sites (N-methyl/N-ethyl adjacent to an activating group) is 1. The minimum absolute atomic E-state index is 0.0462. The van der Waals surface area contributed by atoms with Crippen molar-refractivity contribution in [1.29, 1.82) is 0 Å². The van der Waals surface area contributed by atoms with Gasteiger partial charge in [-0.3, -0.25) is 18.6 Å². The van der Waals surface area contributed by atoms with Gasteiger partial charge in [-0.05, 0) is 31.8 Å². The fraction of sp³-hybridized carbons (Fsp3) is 0.944. The largest absolute Gasteiger partial charge is 0.472 e. The van der Waals surface area contributed by atoms with Gasteiger partial charge in [-0.25, -0.2) is 4.57 Å². The second-order valence-corrected chi connectivity index (χ2v) is 27.6. The quantitative estimate of drug-likeness (QED) is 0.0205. The van der Waals surface area contributed by atoms with E-state index in [-0.39, 0.29) is 25.1 Å². The summed E-state index contributed by atoms with van der Waals surface area (Å²) in [5.41, 5.74) is 0. The first-order valence-electron chi connectivity index (χ1n) is 36.0. The number of phosphoric acid groups is 1. The first-order valence-corrected chi connectivity index (χ1v) is 37.5. The molecule has 81 heavy (non-hydrogen) atoms. The third-order valence-electron chi connectivity index (χ3n) is 16.7. The highest BCUT2D eigenvalue weighted by Gasteiger charge is 2.30. The lowest BCUT2D eigenvalue weighted by Gasteiger charge is -2.27. The summed E-state index contributed by atoms with van der Waals surface area (Å²) in [4.78, 5) is 37.9. The molecule has 9 nitrogen and oxygen atoms in total. The number of quaternary nitrogens is 1. The molecular weight excluding hydrogens is 1020 g/mol. The van der Waals surface area contributed by atoms with Crippen LogP contribution in [0.1, 0.15) is 380 Å². The Balaban J connectivity index is 5.07. The number of allylic oxidation sites excluding steroid dienone is 1. The Kier molecular flexibility index (Phi) is 60.9. The van der Waals surface area contributed by atoms with E-state index >= 15 is 0 Å². The van der Waals surface area contributed by atoms with E-state index in [0.717, 1.165) is 57.8 Å². The van der Waals surface area contributed by atoms with Crippen LogP contribution in [0.25, 0.3) is 0 Å². The van der Waals surface area contributed by atoms with Crippen molar-refractivity contribution in [2.24, 2.45) is 0 Å². The van der Waals surface area contributed by atoms with Crippen LogP contribution in [-0.4, -0.2) is 74.3 Å². The fourth-order valence-electron chi connectivity index (χ4n) is 11.2. The van der Waals surface area contributed by atoms with Crippen LogP contribution >= 0.6 is 7.82 Å². The van der Waals surface area contributed by atoms with Gasteiger partial charge in [-0.2, -0.15) is 0 Å². The molecule has 1 amide bonds. The lowest BCUT2D eigenvalue weighted by Crippen LogP contribution is -2.47. The normalized spacial score (nSPS) is 13.5. The molecule has 3 unspecified atom stereocenters. The van der Waals surface area contributed by atoms with Gasteiger partial charge in [0, 0.05) is 12.8 Å². The number of nitrogens with zero attached hydrogens (tertiary/aromatic N) is 1. The molecule has 10 heteroatoms. The molecule has 0 radical (unpaired) electrons. The molecule has 2 N–H and O–H groups in total. The van der Waals surface area contributed by atoms with E-state index in [1.54, 1.807) is 0 Å². The van der Waals surface area contributed by atoms with Gasteiger partial charge >= 0.3 is 13.8 Å². The standard InChI is InChI=1S/C71H141N2O7P/c1-7-10-13-16-19-22-25-28-30-32-34-36-38-40-42-45-48-51-54-57-60-63-70(74)72-68(67-79-81(76,77)78-66-65-73(4,5)6)69(62-59-56-53-50-47-44-27-24-21-18-15-12-9-3)80-71(75)64-61-58-55-52-49-46-43-41-39-37-35-33-31-29-26-23-20-17-14-11-8-2/h59,62,68-69H,7-58,60-61,63-67H2,1-6H3,(H-,72,74,76,77)/p+1/b62-59+. The molecule has 0 aromatic heterocycles. The van der Waals surface area contributed by atoms with Gasteiger partial charge in [0.05, 0.1) is 33.8 Å². The lowest BCUT2D eigenvalue weighted by molar-refractivity contribution is -0.870. The number of nitrogens with one attached hydrogen (secondary N) is 1. The molecule has 3 atom stereocenters. The Labute approximate surface area is 505 Å². The molecule has 0 bridgehead atoms. The minimum atomic E-state index is -4.45. The van der Waals surface area contributed by atoms with E-state index in [0.29, 0.717) is 23.9 Å². The van der Waals surface area contributed by atoms with Gasteiger partial charge in [-0.15, -0.1) is 0 Å². The van der Waals surface area contributed by atoms with Gasteiger partial charge in [0.15, 0.2) is 0 Å². The number of rotatable bonds is 67. The van der Waals surface area contributed by atoms with E-state index in [9.17, 15) is 19.0 Å². The van der Waals surface area contributed by atoms with Crippen molar-refractivity contribution in [3.05, 3.63) is 12.2 Å². The van der Waals surface area contributed by atoms with E-state index in [1.165, 1.54) is 289 Å². The number of phosphoric ester groups is 1. The molecule has 0 saturated carbocycles. The number of unbranched alkanes of at least 4 members (excludes halogenated alkanes) is 51. The van der Waals surface area contributed by atoms with Crippen molar-refractivity contribution in [2.45, 2.75) is 392 Å². The van der Waals surface area contributed by atoms with Crippen LogP contribution in [-0.2, 0) is 27.9 Å². The van der Waals surface area contributed by atoms with Crippen molar-refractivity contribution >= 4 is 19.7 Å². The number of esters is 1. The number of ether oxygens (including phenoxy) is 1. The molecular formula is C71H142N2O7P+. The first kappa shape index (κ1) is 79.8. The van der Waals surface area contributed by atoms with Gasteiger partial charge < -0.3 is 19.4 Å². The maximum absolute atomic E-state index is 13.6. The maximum Gasteiger partial charge on any atom is 0.472 e. The van der Waals surface area contributed by atoms with Gasteiger partial charge in [-0.1, -0.05) is 348 Å². The average molecular weight is 1170 g/mol. The molecule has 0 saturated heterocycles. The highest BCUT2D eigenvalue weighted by atomic mass is 31.2. The van der Waals surface area contributed by atoms with Gasteiger partial charge in [0.1, 0.15) is 19.3 Å². The van der Waals surface area contributed by atoms with Gasteiger partial charge in [0.25, 0.3) is 0 Å². The zero-order valence-electron chi connectivity index (χ0n) is 55.3. The minimum Gasteiger partial charge on any atom is -0.456 e. The number of hydrogen-bond donors (Lipinski definition) is 2. The number of carbonyl (C=O) groups excluding carboxylic acids is 2. The smallest absolute Gasteiger partial charge is 0.456 e. The molecule has 0 heterocycles. The molecule has 0 aliphatic heterocycles. The number of carbonyl (C=O) groups is 2. The Hall–Kier alpha value is -1.25. The molecule has 0 fully saturated rings. The number of amides is 1. The van der Waals surface area contributed by atoms with Crippen LogP contribution in [0.15, 0.2) is 12.2 Å². The fourth-order valence-corrected chi connectivity index (χ4v) is 11.9. The summed E-state index contributed by atoms with van der Waals surface area (Å²) in [6.45, 7) is 7.10. The molecule has 0 aromatic carbocycles. The highest BCUT2D eigenvalue weighted by molar-refractivity contribution is 7.47. The number of hydrogen-bond acceptors (Lipinski definition) is 6. The zero-order valence-corrected chi connectivity index (χ0v) is 56.2. The van der Waals surface area contributed by atoms with E-state index in [1.807, 2.05) is 27.2 Å². The summed E-state index contributed by atoms with van der Waals surface area (Å²) in [7, 11) is 1.52. The van der Waals surface area contributed by atoms with Crippen LogP contribution in [0.4, 0.5) is 0 Å². The Morgan fingerprint density at radius 2 is 0.704 bits per heavy atom. The summed E-state index contributed by atoms with van der Waals surface area (Å²) in [5.74, 6) is -0.476. The molecule has 0 aliphatic rings. The zero-order chi connectivity index (χ0) is 59.3. The Morgan fingerprint density at radius 3 is 1.01 bits per heavy atom. The molecule has 0 aliphatic carbocycles. The van der Waals surface area contributed by atoms with Crippen LogP contribution in [0.3, 0.4) is 0 Å². The predicted molar refractivity (Wildman–Crippen MR) is 351 cm³/mol. The second-order valence-electron chi connectivity index (χ2n) is 26.1. The summed E-state index contributed by atoms with van der Waals surface area (Å²) >= 11 is 0. The molecule has 0 rings (SSSR count). The van der Waals surface area contributed by atoms with Crippen LogP contribution < -0.4 is 5.32 Å². The van der Waals surface area contributed by atoms with Crippen LogP contribution in [0.2, 0.25) is 0 Å². The van der Waals surface area contributed by atoms with Gasteiger partial charge in [0.2, 0.25) is 5.91 Å². The van der Waals surface area contributed by atoms with Crippen molar-refractivity contribution < 1.29 is 37.3 Å². The highest BCUT2D eigenvalue weighted by Crippen LogP contribution is 2.43. The van der Waals surface area contributed by atoms with E-state index < -0.39 is 20.0 Å². The Morgan fingerprint density at radius 1 is 0.420 bits per heavy atom. The molecule has 482 valence electrons. The summed E-state index contributed by atoms with van der Waals surface area (Å²) in [6, 6.07) is -0.841. The maximum atomic E-state index is 13.6. The van der Waals surface area contributed by atoms with Crippen molar-refractivity contribution in [2.75, 3.05) is 40.9 Å². The molecule has 0 aromatic rings. The second kappa shape index (κ2) is 61.8. The topological polar surface area (TPSA) is 111 Å². The van der Waals surface area contributed by atoms with Crippen molar-refractivity contribution in [1.82, 2.24) is 5.32 Å². The van der Waals surface area contributed by atoms with E-state index in [2.05, 4.69) is 32.2 Å². The molecule has 0 spiro atoms. The van der Waals surface area contributed by atoms with Crippen LogP contribution in [0.5, 0.6) is 0 Å². The third-order valence-corrected chi connectivity index (χ3v) is 17.7. The first-order chi connectivity index (χ1) is 39.4. The SMILES string of the molecule is CCCCCCCCCCCCC/C=C/C(OC(=O)CCCCCCCCCCCCCCCCCCCCCCC)C(COP(=O)(O)OCC[N+](C)(C)C)NC(=O)CCCCCCCCCCCCCCCCCCCCCCC. The average Bonchev–Trinajstić information content (AvgIpc) is 3.44. The summed E-state index contributed by atoms with van der Waals surface area (Å²) in [5, 5.41) is 3.08. The monoisotopic (exact) mass is 1170 g/mol. The van der Waals surface area contributed by atoms with Crippen molar-refractivity contribution in [3.8, 4) is 0 Å². The lowest BCUT2D eigenvalue weighted by atomic mass is 10.0. The predicted octanol–water partition coefficient (Wildman–Crippen LogP) is 22.7. The van der Waals surface area contributed by atoms with Crippen LogP contribution in [0, 0.1) is 0 Å². The van der Waals surface area contributed by atoms with Crippen molar-refractivity contribution in [3.63, 3.8) is 0 Å².